The molecule has 1 aromatic rings. The number of aryl methyl sites for hydroxylation is 1. The van der Waals surface area contributed by atoms with Crippen molar-refractivity contribution < 1.29 is 19.4 Å². The minimum Gasteiger partial charge on any atom is -0.478 e. The fraction of sp³-hybridized carbons (Fsp3) is 0.375. The largest absolute Gasteiger partial charge is 0.478 e. The van der Waals surface area contributed by atoms with Gasteiger partial charge in [-0.15, -0.1) is 0 Å². The maximum atomic E-state index is 12.1. The number of hydrogen-bond donors (Lipinski definition) is 2. The average molecular weight is 289 g/mol. The highest BCUT2D eigenvalue weighted by Crippen LogP contribution is 2.19. The van der Waals surface area contributed by atoms with Crippen LogP contribution in [0.1, 0.15) is 24.0 Å². The number of rotatable bonds is 4. The zero-order valence-electron chi connectivity index (χ0n) is 12.0. The highest BCUT2D eigenvalue weighted by atomic mass is 16.5. The van der Waals surface area contributed by atoms with Crippen molar-refractivity contribution >= 4 is 23.6 Å². The fourth-order valence-corrected chi connectivity index (χ4v) is 2.29. The van der Waals surface area contributed by atoms with Gasteiger partial charge in [0.15, 0.2) is 0 Å². The molecule has 2 N–H and O–H groups in total. The van der Waals surface area contributed by atoms with E-state index in [1.54, 1.807) is 12.1 Å². The number of hydrogen-bond acceptors (Lipinski definition) is 3. The molecule has 1 unspecified atom stereocenters. The highest BCUT2D eigenvalue weighted by molar-refractivity contribution is 5.93. The molecule has 0 spiro atoms. The van der Waals surface area contributed by atoms with E-state index in [4.69, 9.17) is 9.84 Å². The van der Waals surface area contributed by atoms with E-state index in [0.29, 0.717) is 6.61 Å². The Hall–Kier alpha value is -2.14. The zero-order chi connectivity index (χ0) is 15.2. The number of benzene rings is 1. The van der Waals surface area contributed by atoms with E-state index in [2.05, 4.69) is 5.32 Å². The monoisotopic (exact) mass is 289 g/mol. The first-order valence-electron chi connectivity index (χ1n) is 6.96. The van der Waals surface area contributed by atoms with Crippen molar-refractivity contribution in [1.29, 1.82) is 0 Å². The number of anilines is 1. The Balaban J connectivity index is 2.02. The lowest BCUT2D eigenvalue weighted by atomic mass is 10.0. The molecule has 5 nitrogen and oxygen atoms in total. The Labute approximate surface area is 123 Å². The first-order valence-corrected chi connectivity index (χ1v) is 6.96. The summed E-state index contributed by atoms with van der Waals surface area (Å²) >= 11 is 0. The van der Waals surface area contributed by atoms with Crippen LogP contribution >= 0.6 is 0 Å². The first kappa shape index (κ1) is 15.3. The van der Waals surface area contributed by atoms with Gasteiger partial charge in [0.2, 0.25) is 5.91 Å². The molecule has 2 rings (SSSR count). The van der Waals surface area contributed by atoms with Gasteiger partial charge >= 0.3 is 5.97 Å². The standard InChI is InChI=1S/C16H19NO4/c1-11-9-14(6-4-12(11)5-7-15(18)19)17-16(20)13-3-2-8-21-10-13/h4-7,9,13H,2-3,8,10H2,1H3,(H,17,20)(H,18,19). The van der Waals surface area contributed by atoms with Crippen LogP contribution in [0.25, 0.3) is 6.08 Å². The number of amides is 1. The Morgan fingerprint density at radius 1 is 1.43 bits per heavy atom. The number of carbonyl (C=O) groups is 2. The van der Waals surface area contributed by atoms with Crippen molar-refractivity contribution in [2.45, 2.75) is 19.8 Å². The van der Waals surface area contributed by atoms with Gasteiger partial charge in [0.05, 0.1) is 12.5 Å². The number of carboxylic acids is 1. The van der Waals surface area contributed by atoms with E-state index in [1.165, 1.54) is 6.08 Å². The molecular formula is C16H19NO4. The molecule has 0 aromatic heterocycles. The SMILES string of the molecule is Cc1cc(NC(=O)C2CCCOC2)ccc1C=CC(=O)O. The molecule has 0 radical (unpaired) electrons. The van der Waals surface area contributed by atoms with Crippen LogP contribution in [-0.2, 0) is 14.3 Å². The van der Waals surface area contributed by atoms with Crippen LogP contribution in [0, 0.1) is 12.8 Å². The minimum absolute atomic E-state index is 0.0251. The highest BCUT2D eigenvalue weighted by Gasteiger charge is 2.21. The molecule has 1 aliphatic heterocycles. The molecule has 0 aliphatic carbocycles. The molecule has 1 amide bonds. The van der Waals surface area contributed by atoms with Gasteiger partial charge in [-0.2, -0.15) is 0 Å². The van der Waals surface area contributed by atoms with Gasteiger partial charge in [-0.05, 0) is 49.1 Å². The maximum Gasteiger partial charge on any atom is 0.328 e. The molecule has 1 heterocycles. The van der Waals surface area contributed by atoms with Crippen LogP contribution in [0.4, 0.5) is 5.69 Å². The molecule has 1 fully saturated rings. The number of ether oxygens (including phenoxy) is 1. The molecule has 5 heteroatoms. The molecule has 21 heavy (non-hydrogen) atoms. The van der Waals surface area contributed by atoms with Gasteiger partial charge in [0.1, 0.15) is 0 Å². The van der Waals surface area contributed by atoms with Crippen LogP contribution < -0.4 is 5.32 Å². The molecule has 1 aliphatic rings. The second kappa shape index (κ2) is 7.04. The third-order valence-corrected chi connectivity index (χ3v) is 3.47. The number of carbonyl (C=O) groups excluding carboxylic acids is 1. The minimum atomic E-state index is -0.982. The van der Waals surface area contributed by atoms with Crippen LogP contribution in [0.2, 0.25) is 0 Å². The Kier molecular flexibility index (Phi) is 5.11. The topological polar surface area (TPSA) is 75.6 Å². The van der Waals surface area contributed by atoms with Crippen molar-refractivity contribution in [3.05, 3.63) is 35.4 Å². The smallest absolute Gasteiger partial charge is 0.328 e. The summed E-state index contributed by atoms with van der Waals surface area (Å²) in [5.74, 6) is -1.10. The molecule has 0 bridgehead atoms. The van der Waals surface area contributed by atoms with E-state index >= 15 is 0 Å². The van der Waals surface area contributed by atoms with Gasteiger partial charge < -0.3 is 15.2 Å². The Morgan fingerprint density at radius 3 is 2.86 bits per heavy atom. The van der Waals surface area contributed by atoms with Crippen molar-refractivity contribution in [3.8, 4) is 0 Å². The lowest BCUT2D eigenvalue weighted by molar-refractivity contribution is -0.131. The number of carboxylic acid groups (broad SMARTS) is 1. The third-order valence-electron chi connectivity index (χ3n) is 3.47. The lowest BCUT2D eigenvalue weighted by Crippen LogP contribution is -2.30. The van der Waals surface area contributed by atoms with Crippen molar-refractivity contribution in [2.75, 3.05) is 18.5 Å². The van der Waals surface area contributed by atoms with E-state index in [0.717, 1.165) is 42.3 Å². The van der Waals surface area contributed by atoms with Gasteiger partial charge in [-0.1, -0.05) is 6.07 Å². The van der Waals surface area contributed by atoms with E-state index in [9.17, 15) is 9.59 Å². The summed E-state index contributed by atoms with van der Waals surface area (Å²) in [4.78, 5) is 22.6. The van der Waals surface area contributed by atoms with Crippen LogP contribution in [0.3, 0.4) is 0 Å². The van der Waals surface area contributed by atoms with Crippen LogP contribution in [-0.4, -0.2) is 30.2 Å². The van der Waals surface area contributed by atoms with Crippen LogP contribution in [0.5, 0.6) is 0 Å². The Bertz CT molecular complexity index is 559. The van der Waals surface area contributed by atoms with Gasteiger partial charge in [0, 0.05) is 18.4 Å². The van der Waals surface area contributed by atoms with E-state index in [1.807, 2.05) is 13.0 Å². The zero-order valence-corrected chi connectivity index (χ0v) is 12.0. The number of nitrogens with one attached hydrogen (secondary N) is 1. The van der Waals surface area contributed by atoms with Gasteiger partial charge in [0.25, 0.3) is 0 Å². The van der Waals surface area contributed by atoms with E-state index in [-0.39, 0.29) is 11.8 Å². The van der Waals surface area contributed by atoms with E-state index < -0.39 is 5.97 Å². The summed E-state index contributed by atoms with van der Waals surface area (Å²) < 4.78 is 5.31. The molecule has 1 aromatic carbocycles. The van der Waals surface area contributed by atoms with Gasteiger partial charge in [-0.25, -0.2) is 4.79 Å². The molecule has 1 saturated heterocycles. The normalized spacial score (nSPS) is 18.6. The van der Waals surface area contributed by atoms with Gasteiger partial charge in [-0.3, -0.25) is 4.79 Å². The average Bonchev–Trinajstić information content (AvgIpc) is 2.47. The summed E-state index contributed by atoms with van der Waals surface area (Å²) in [5, 5.41) is 11.5. The quantitative estimate of drug-likeness (QED) is 0.835. The summed E-state index contributed by atoms with van der Waals surface area (Å²) in [5.41, 5.74) is 2.44. The second-order valence-corrected chi connectivity index (χ2v) is 5.15. The summed E-state index contributed by atoms with van der Waals surface area (Å²) in [6.45, 7) is 3.08. The molecule has 0 saturated carbocycles. The fourth-order valence-electron chi connectivity index (χ4n) is 2.29. The van der Waals surface area contributed by atoms with Crippen LogP contribution in [0.15, 0.2) is 24.3 Å². The van der Waals surface area contributed by atoms with Crippen molar-refractivity contribution in [2.24, 2.45) is 5.92 Å². The molecule has 1 atom stereocenters. The summed E-state index contributed by atoms with van der Waals surface area (Å²) in [7, 11) is 0. The first-order chi connectivity index (χ1) is 10.1. The predicted octanol–water partition coefficient (Wildman–Crippen LogP) is 2.46. The lowest BCUT2D eigenvalue weighted by Gasteiger charge is -2.21. The number of aliphatic carboxylic acids is 1. The third kappa shape index (κ3) is 4.43. The second-order valence-electron chi connectivity index (χ2n) is 5.15. The predicted molar refractivity (Wildman–Crippen MR) is 80.0 cm³/mol. The van der Waals surface area contributed by atoms with Crippen molar-refractivity contribution in [1.82, 2.24) is 0 Å². The molecule has 112 valence electrons. The summed E-state index contributed by atoms with van der Waals surface area (Å²) in [6.07, 6.45) is 4.40. The maximum absolute atomic E-state index is 12.1. The summed E-state index contributed by atoms with van der Waals surface area (Å²) in [6, 6.07) is 5.40. The van der Waals surface area contributed by atoms with Crippen molar-refractivity contribution in [3.63, 3.8) is 0 Å². The Morgan fingerprint density at radius 2 is 2.24 bits per heavy atom. The molecular weight excluding hydrogens is 270 g/mol.